The zero-order valence-corrected chi connectivity index (χ0v) is 16.4. The fourth-order valence-electron chi connectivity index (χ4n) is 2.85. The van der Waals surface area contributed by atoms with Crippen LogP contribution in [0, 0.1) is 0 Å². The summed E-state index contributed by atoms with van der Waals surface area (Å²) in [6.45, 7) is 1.01. The van der Waals surface area contributed by atoms with E-state index < -0.39 is 5.91 Å². The van der Waals surface area contributed by atoms with Crippen LogP contribution in [0.1, 0.15) is 59.2 Å². The molecule has 2 N–H and O–H groups in total. The molecule has 0 aliphatic heterocycles. The van der Waals surface area contributed by atoms with Crippen molar-refractivity contribution in [3.05, 3.63) is 59.9 Å². The summed E-state index contributed by atoms with van der Waals surface area (Å²) >= 11 is 0. The average Bonchev–Trinajstić information content (AvgIpc) is 2.69. The lowest BCUT2D eigenvalue weighted by molar-refractivity contribution is -0.671. The molecule has 0 spiro atoms. The van der Waals surface area contributed by atoms with E-state index in [1.165, 1.54) is 0 Å². The molecule has 2 aromatic rings. The first-order valence-electron chi connectivity index (χ1n) is 9.72. The molecule has 0 fully saturated rings. The SMILES string of the molecule is C[n+]1cccc(C(=O)OCCCCCCCCOc2ccccc2C(N)=O)c1. The third-order valence-corrected chi connectivity index (χ3v) is 4.36. The van der Waals surface area contributed by atoms with Crippen LogP contribution in [-0.4, -0.2) is 25.1 Å². The van der Waals surface area contributed by atoms with Gasteiger partial charge in [-0.3, -0.25) is 4.79 Å². The van der Waals surface area contributed by atoms with Gasteiger partial charge >= 0.3 is 5.97 Å². The molecule has 0 unspecified atom stereocenters. The van der Waals surface area contributed by atoms with Gasteiger partial charge < -0.3 is 15.2 Å². The van der Waals surface area contributed by atoms with Crippen molar-refractivity contribution in [3.8, 4) is 5.75 Å². The number of hydrogen-bond acceptors (Lipinski definition) is 4. The summed E-state index contributed by atoms with van der Waals surface area (Å²) in [6, 6.07) is 10.6. The molecular weight excluding hydrogens is 356 g/mol. The van der Waals surface area contributed by atoms with Crippen molar-refractivity contribution < 1.29 is 23.6 Å². The van der Waals surface area contributed by atoms with Crippen LogP contribution in [0.3, 0.4) is 0 Å². The van der Waals surface area contributed by atoms with Crippen molar-refractivity contribution in [1.29, 1.82) is 0 Å². The van der Waals surface area contributed by atoms with E-state index in [1.807, 2.05) is 29.9 Å². The lowest BCUT2D eigenvalue weighted by atomic mass is 10.1. The number of amides is 1. The minimum atomic E-state index is -0.475. The molecule has 0 saturated carbocycles. The van der Waals surface area contributed by atoms with Crippen LogP contribution < -0.4 is 15.0 Å². The monoisotopic (exact) mass is 385 g/mol. The molecule has 2 rings (SSSR count). The highest BCUT2D eigenvalue weighted by molar-refractivity contribution is 5.95. The van der Waals surface area contributed by atoms with E-state index in [0.717, 1.165) is 38.5 Å². The summed E-state index contributed by atoms with van der Waals surface area (Å²) < 4.78 is 12.8. The van der Waals surface area contributed by atoms with E-state index in [9.17, 15) is 9.59 Å². The van der Waals surface area contributed by atoms with E-state index in [-0.39, 0.29) is 5.97 Å². The molecule has 0 saturated heterocycles. The number of nitrogens with two attached hydrogens (primary N) is 1. The molecule has 1 heterocycles. The summed E-state index contributed by atoms with van der Waals surface area (Å²) in [5, 5.41) is 0. The Morgan fingerprint density at radius 1 is 0.929 bits per heavy atom. The summed E-state index contributed by atoms with van der Waals surface area (Å²) in [5.74, 6) is -0.203. The third kappa shape index (κ3) is 7.39. The molecule has 0 aliphatic carbocycles. The Bertz CT molecular complexity index is 777. The molecule has 6 nitrogen and oxygen atoms in total. The van der Waals surface area contributed by atoms with Crippen LogP contribution in [-0.2, 0) is 11.8 Å². The fraction of sp³-hybridized carbons (Fsp3) is 0.409. The predicted octanol–water partition coefficient (Wildman–Crippen LogP) is 3.19. The smallest absolute Gasteiger partial charge is 0.344 e. The highest BCUT2D eigenvalue weighted by Gasteiger charge is 2.10. The number of carbonyl (C=O) groups is 2. The van der Waals surface area contributed by atoms with E-state index >= 15 is 0 Å². The van der Waals surface area contributed by atoms with Crippen molar-refractivity contribution in [2.24, 2.45) is 12.8 Å². The summed E-state index contributed by atoms with van der Waals surface area (Å²) in [7, 11) is 1.87. The Morgan fingerprint density at radius 2 is 1.61 bits per heavy atom. The number of pyridine rings is 1. The molecular formula is C22H29N2O4+. The largest absolute Gasteiger partial charge is 0.493 e. The van der Waals surface area contributed by atoms with Gasteiger partial charge in [-0.25, -0.2) is 9.36 Å². The number of nitrogens with zero attached hydrogens (tertiary/aromatic N) is 1. The molecule has 0 bridgehead atoms. The van der Waals surface area contributed by atoms with E-state index in [2.05, 4.69) is 0 Å². The Hall–Kier alpha value is -2.89. The second-order valence-corrected chi connectivity index (χ2v) is 6.72. The van der Waals surface area contributed by atoms with Crippen molar-refractivity contribution >= 4 is 11.9 Å². The third-order valence-electron chi connectivity index (χ3n) is 4.36. The Kier molecular flexibility index (Phi) is 8.98. The number of primary amides is 1. The van der Waals surface area contributed by atoms with Crippen molar-refractivity contribution in [3.63, 3.8) is 0 Å². The normalized spacial score (nSPS) is 10.5. The molecule has 150 valence electrons. The van der Waals surface area contributed by atoms with Gasteiger partial charge in [0.1, 0.15) is 18.4 Å². The van der Waals surface area contributed by atoms with Crippen molar-refractivity contribution in [2.45, 2.75) is 38.5 Å². The Balaban J connectivity index is 1.49. The van der Waals surface area contributed by atoms with E-state index in [1.54, 1.807) is 30.5 Å². The first-order chi connectivity index (χ1) is 13.6. The van der Waals surface area contributed by atoms with E-state index in [4.69, 9.17) is 15.2 Å². The van der Waals surface area contributed by atoms with Gasteiger partial charge in [-0.05, 0) is 31.0 Å². The van der Waals surface area contributed by atoms with Gasteiger partial charge in [0.15, 0.2) is 12.4 Å². The molecule has 0 radical (unpaired) electrons. The quantitative estimate of drug-likeness (QED) is 0.346. The maximum atomic E-state index is 11.9. The number of carbonyl (C=O) groups excluding carboxylic acids is 2. The summed E-state index contributed by atoms with van der Waals surface area (Å²) in [4.78, 5) is 23.2. The molecule has 28 heavy (non-hydrogen) atoms. The summed E-state index contributed by atoms with van der Waals surface area (Å²) in [6.07, 6.45) is 9.70. The van der Waals surface area contributed by atoms with Gasteiger partial charge in [0.05, 0.1) is 18.8 Å². The Labute approximate surface area is 166 Å². The summed E-state index contributed by atoms with van der Waals surface area (Å²) in [5.41, 5.74) is 6.32. The first-order valence-corrected chi connectivity index (χ1v) is 9.72. The fourth-order valence-corrected chi connectivity index (χ4v) is 2.85. The van der Waals surface area contributed by atoms with Crippen LogP contribution in [0.25, 0.3) is 0 Å². The number of aromatic nitrogens is 1. The van der Waals surface area contributed by atoms with Crippen molar-refractivity contribution in [1.82, 2.24) is 0 Å². The lowest BCUT2D eigenvalue weighted by Crippen LogP contribution is -2.28. The number of para-hydroxylation sites is 1. The number of esters is 1. The van der Waals surface area contributed by atoms with Gasteiger partial charge in [-0.15, -0.1) is 0 Å². The number of aryl methyl sites for hydroxylation is 1. The minimum Gasteiger partial charge on any atom is -0.493 e. The van der Waals surface area contributed by atoms with Crippen molar-refractivity contribution in [2.75, 3.05) is 13.2 Å². The molecule has 0 atom stereocenters. The predicted molar refractivity (Wildman–Crippen MR) is 106 cm³/mol. The second kappa shape index (κ2) is 11.7. The van der Waals surface area contributed by atoms with Gasteiger partial charge in [-0.1, -0.05) is 37.8 Å². The second-order valence-electron chi connectivity index (χ2n) is 6.72. The number of unbranched alkanes of at least 4 members (excludes halogenated alkanes) is 5. The van der Waals surface area contributed by atoms with Crippen LogP contribution in [0.4, 0.5) is 0 Å². The first kappa shape index (κ1) is 21.4. The van der Waals surface area contributed by atoms with Gasteiger partial charge in [0.25, 0.3) is 5.91 Å². The topological polar surface area (TPSA) is 82.5 Å². The molecule has 1 aromatic carbocycles. The van der Waals surface area contributed by atoms with Crippen LogP contribution in [0.15, 0.2) is 48.8 Å². The van der Waals surface area contributed by atoms with Gasteiger partial charge in [-0.2, -0.15) is 0 Å². The van der Waals surface area contributed by atoms with Crippen LogP contribution in [0.2, 0.25) is 0 Å². The standard InChI is InChI=1S/C22H28N2O4/c1-24-14-10-11-18(17-24)22(26)28-16-9-5-3-2-4-8-15-27-20-13-7-6-12-19(20)21(23)25/h6-7,10-14,17H,2-5,8-9,15-16H2,1H3,(H-,23,25)/p+1. The number of benzene rings is 1. The van der Waals surface area contributed by atoms with Crippen LogP contribution >= 0.6 is 0 Å². The molecule has 6 heteroatoms. The number of hydrogen-bond donors (Lipinski definition) is 1. The number of rotatable bonds is 12. The van der Waals surface area contributed by atoms with Gasteiger partial charge in [0, 0.05) is 6.07 Å². The highest BCUT2D eigenvalue weighted by Crippen LogP contribution is 2.17. The molecule has 1 aromatic heterocycles. The highest BCUT2D eigenvalue weighted by atomic mass is 16.5. The number of ether oxygens (including phenoxy) is 2. The lowest BCUT2D eigenvalue weighted by Gasteiger charge is -2.09. The zero-order valence-electron chi connectivity index (χ0n) is 16.4. The Morgan fingerprint density at radius 3 is 2.32 bits per heavy atom. The zero-order chi connectivity index (χ0) is 20.2. The maximum Gasteiger partial charge on any atom is 0.344 e. The van der Waals surface area contributed by atoms with Gasteiger partial charge in [0.2, 0.25) is 0 Å². The molecule has 1 amide bonds. The molecule has 0 aliphatic rings. The average molecular weight is 385 g/mol. The maximum absolute atomic E-state index is 11.9. The van der Waals surface area contributed by atoms with Crippen LogP contribution in [0.5, 0.6) is 5.75 Å². The minimum absolute atomic E-state index is 0.274. The van der Waals surface area contributed by atoms with E-state index in [0.29, 0.717) is 30.1 Å².